The number of esters is 1. The predicted octanol–water partition coefficient (Wildman–Crippen LogP) is 0.899. The van der Waals surface area contributed by atoms with Crippen LogP contribution in [0.1, 0.15) is 33.1 Å². The number of rotatable bonds is 4. The first-order chi connectivity index (χ1) is 9.40. The van der Waals surface area contributed by atoms with Crippen LogP contribution in [0.15, 0.2) is 0 Å². The Morgan fingerprint density at radius 1 is 1.30 bits per heavy atom. The molecular formula is C14H21NO5. The van der Waals surface area contributed by atoms with Gasteiger partial charge in [0.05, 0.1) is 12.5 Å². The topological polar surface area (TPSA) is 83.9 Å². The Hall–Kier alpha value is -1.59. The SMILES string of the molecule is CCOC(=O)C1(C(=O)N2CC(C)CC(C(=O)O)C2)CC1. The molecule has 0 radical (unpaired) electrons. The molecule has 1 saturated heterocycles. The molecule has 2 rings (SSSR count). The second-order valence-electron chi connectivity index (χ2n) is 5.89. The molecule has 1 aliphatic heterocycles. The normalized spacial score (nSPS) is 27.8. The molecule has 1 saturated carbocycles. The number of nitrogens with zero attached hydrogens (tertiary/aromatic N) is 1. The average Bonchev–Trinajstić information content (AvgIpc) is 3.18. The van der Waals surface area contributed by atoms with Gasteiger partial charge in [-0.3, -0.25) is 14.4 Å². The lowest BCUT2D eigenvalue weighted by Gasteiger charge is -2.36. The number of likely N-dealkylation sites (tertiary alicyclic amines) is 1. The van der Waals surface area contributed by atoms with E-state index in [-0.39, 0.29) is 25.0 Å². The maximum Gasteiger partial charge on any atom is 0.321 e. The second kappa shape index (κ2) is 5.42. The molecule has 2 aliphatic rings. The second-order valence-corrected chi connectivity index (χ2v) is 5.89. The Balaban J connectivity index is 2.08. The molecule has 112 valence electrons. The molecule has 1 aliphatic carbocycles. The highest BCUT2D eigenvalue weighted by molar-refractivity contribution is 6.05. The van der Waals surface area contributed by atoms with Crippen molar-refractivity contribution in [3.05, 3.63) is 0 Å². The third-order valence-corrected chi connectivity index (χ3v) is 4.12. The van der Waals surface area contributed by atoms with Gasteiger partial charge in [-0.2, -0.15) is 0 Å². The minimum atomic E-state index is -1.03. The van der Waals surface area contributed by atoms with Crippen LogP contribution in [0.2, 0.25) is 0 Å². The van der Waals surface area contributed by atoms with Crippen LogP contribution in [-0.4, -0.2) is 47.5 Å². The molecule has 0 spiro atoms. The van der Waals surface area contributed by atoms with Gasteiger partial charge < -0.3 is 14.7 Å². The molecule has 1 amide bonds. The van der Waals surface area contributed by atoms with Crippen molar-refractivity contribution >= 4 is 17.8 Å². The molecule has 0 aromatic rings. The van der Waals surface area contributed by atoms with E-state index in [0.717, 1.165) is 0 Å². The zero-order valence-electron chi connectivity index (χ0n) is 11.9. The van der Waals surface area contributed by atoms with E-state index < -0.39 is 23.3 Å². The summed E-state index contributed by atoms with van der Waals surface area (Å²) in [7, 11) is 0. The predicted molar refractivity (Wildman–Crippen MR) is 69.8 cm³/mol. The van der Waals surface area contributed by atoms with Crippen LogP contribution in [0, 0.1) is 17.3 Å². The fourth-order valence-electron chi connectivity index (χ4n) is 2.90. The van der Waals surface area contributed by atoms with Gasteiger partial charge in [-0.15, -0.1) is 0 Å². The van der Waals surface area contributed by atoms with Crippen molar-refractivity contribution in [3.63, 3.8) is 0 Å². The maximum absolute atomic E-state index is 12.5. The summed E-state index contributed by atoms with van der Waals surface area (Å²) in [4.78, 5) is 37.1. The summed E-state index contributed by atoms with van der Waals surface area (Å²) in [5.74, 6) is -2.01. The van der Waals surface area contributed by atoms with Crippen LogP contribution in [0.4, 0.5) is 0 Å². The smallest absolute Gasteiger partial charge is 0.321 e. The number of carboxylic acids is 1. The number of hydrogen-bond donors (Lipinski definition) is 1. The van der Waals surface area contributed by atoms with Gasteiger partial charge >= 0.3 is 11.9 Å². The highest BCUT2D eigenvalue weighted by Crippen LogP contribution is 2.49. The van der Waals surface area contributed by atoms with Gasteiger partial charge in [0.1, 0.15) is 5.41 Å². The molecular weight excluding hydrogens is 262 g/mol. The van der Waals surface area contributed by atoms with Crippen molar-refractivity contribution in [3.8, 4) is 0 Å². The Kier molecular flexibility index (Phi) is 4.01. The number of piperidine rings is 1. The Bertz CT molecular complexity index is 429. The molecule has 1 N–H and O–H groups in total. The number of amides is 1. The zero-order valence-corrected chi connectivity index (χ0v) is 11.9. The van der Waals surface area contributed by atoms with E-state index in [4.69, 9.17) is 9.84 Å². The lowest BCUT2D eigenvalue weighted by Crippen LogP contribution is -2.50. The standard InChI is InChI=1S/C14H21NO5/c1-3-20-13(19)14(4-5-14)12(18)15-7-9(2)6-10(8-15)11(16)17/h9-10H,3-8H2,1-2H3,(H,16,17). The molecule has 20 heavy (non-hydrogen) atoms. The van der Waals surface area contributed by atoms with Gasteiger partial charge in [0.25, 0.3) is 0 Å². The number of carbonyl (C=O) groups excluding carboxylic acids is 2. The molecule has 0 aromatic carbocycles. The lowest BCUT2D eigenvalue weighted by molar-refractivity contribution is -0.159. The monoisotopic (exact) mass is 283 g/mol. The Labute approximate surface area is 118 Å². The molecule has 2 atom stereocenters. The van der Waals surface area contributed by atoms with Crippen molar-refractivity contribution in [2.45, 2.75) is 33.1 Å². The van der Waals surface area contributed by atoms with E-state index in [2.05, 4.69) is 0 Å². The number of aliphatic carboxylic acids is 1. The van der Waals surface area contributed by atoms with Crippen LogP contribution in [-0.2, 0) is 19.1 Å². The van der Waals surface area contributed by atoms with Crippen LogP contribution < -0.4 is 0 Å². The zero-order chi connectivity index (χ0) is 14.9. The molecule has 6 nitrogen and oxygen atoms in total. The quantitative estimate of drug-likeness (QED) is 0.612. The van der Waals surface area contributed by atoms with E-state index in [1.807, 2.05) is 6.92 Å². The Morgan fingerprint density at radius 3 is 2.45 bits per heavy atom. The van der Waals surface area contributed by atoms with Crippen molar-refractivity contribution in [1.82, 2.24) is 4.90 Å². The minimum Gasteiger partial charge on any atom is -0.481 e. The summed E-state index contributed by atoms with van der Waals surface area (Å²) < 4.78 is 4.98. The summed E-state index contributed by atoms with van der Waals surface area (Å²) in [6, 6.07) is 0. The number of carbonyl (C=O) groups is 3. The summed E-state index contributed by atoms with van der Waals surface area (Å²) in [6.07, 6.45) is 1.59. The summed E-state index contributed by atoms with van der Waals surface area (Å²) in [5, 5.41) is 9.14. The van der Waals surface area contributed by atoms with Gasteiger partial charge in [-0.1, -0.05) is 6.92 Å². The molecule has 0 bridgehead atoms. The van der Waals surface area contributed by atoms with Gasteiger partial charge in [0, 0.05) is 13.1 Å². The third-order valence-electron chi connectivity index (χ3n) is 4.12. The third kappa shape index (κ3) is 2.64. The van der Waals surface area contributed by atoms with Gasteiger partial charge in [0.2, 0.25) is 5.91 Å². The maximum atomic E-state index is 12.5. The van der Waals surface area contributed by atoms with E-state index in [1.165, 1.54) is 4.90 Å². The van der Waals surface area contributed by atoms with Crippen molar-refractivity contribution in [1.29, 1.82) is 0 Å². The minimum absolute atomic E-state index is 0.131. The highest BCUT2D eigenvalue weighted by atomic mass is 16.5. The van der Waals surface area contributed by atoms with Crippen molar-refractivity contribution < 1.29 is 24.2 Å². The largest absolute Gasteiger partial charge is 0.481 e. The fourth-order valence-corrected chi connectivity index (χ4v) is 2.90. The first-order valence-electron chi connectivity index (χ1n) is 7.10. The first kappa shape index (κ1) is 14.8. The van der Waals surface area contributed by atoms with E-state index >= 15 is 0 Å². The first-order valence-corrected chi connectivity index (χ1v) is 7.10. The van der Waals surface area contributed by atoms with Crippen molar-refractivity contribution in [2.24, 2.45) is 17.3 Å². The molecule has 2 unspecified atom stereocenters. The van der Waals surface area contributed by atoms with E-state index in [9.17, 15) is 14.4 Å². The number of ether oxygens (including phenoxy) is 1. The highest BCUT2D eigenvalue weighted by Gasteiger charge is 2.60. The summed E-state index contributed by atoms with van der Waals surface area (Å²) >= 11 is 0. The Morgan fingerprint density at radius 2 is 1.95 bits per heavy atom. The van der Waals surface area contributed by atoms with E-state index in [0.29, 0.717) is 25.8 Å². The van der Waals surface area contributed by atoms with Crippen LogP contribution >= 0.6 is 0 Å². The van der Waals surface area contributed by atoms with E-state index in [1.54, 1.807) is 6.92 Å². The fraction of sp³-hybridized carbons (Fsp3) is 0.786. The average molecular weight is 283 g/mol. The molecule has 2 fully saturated rings. The number of carboxylic acid groups (broad SMARTS) is 1. The molecule has 1 heterocycles. The van der Waals surface area contributed by atoms with Crippen LogP contribution in [0.5, 0.6) is 0 Å². The molecule has 6 heteroatoms. The van der Waals surface area contributed by atoms with Gasteiger partial charge in [0.15, 0.2) is 0 Å². The summed E-state index contributed by atoms with van der Waals surface area (Å²) in [6.45, 7) is 4.60. The van der Waals surface area contributed by atoms with Crippen LogP contribution in [0.3, 0.4) is 0 Å². The summed E-state index contributed by atoms with van der Waals surface area (Å²) in [5.41, 5.74) is -1.03. The molecule has 0 aromatic heterocycles. The lowest BCUT2D eigenvalue weighted by atomic mass is 9.89. The number of hydrogen-bond acceptors (Lipinski definition) is 4. The van der Waals surface area contributed by atoms with Crippen molar-refractivity contribution in [2.75, 3.05) is 19.7 Å². The van der Waals surface area contributed by atoms with Crippen LogP contribution in [0.25, 0.3) is 0 Å². The van der Waals surface area contributed by atoms with Gasteiger partial charge in [-0.25, -0.2) is 0 Å². The van der Waals surface area contributed by atoms with Gasteiger partial charge in [-0.05, 0) is 32.1 Å².